The van der Waals surface area contributed by atoms with Crippen LogP contribution in [0.3, 0.4) is 0 Å². The standard InChI is InChI=1S/C14H11N3O3S/c18-11(6-12(19)14-15-8-16-17-14)13-10(1-3-20-13)5-9-2-4-21-7-9/h1-4,6-8,19H,5H2,(H,15,16,17). The fraction of sp³-hybridized carbons (Fsp3) is 0.0714. The van der Waals surface area contributed by atoms with Crippen LogP contribution in [-0.4, -0.2) is 26.1 Å². The summed E-state index contributed by atoms with van der Waals surface area (Å²) < 4.78 is 5.25. The number of carbonyl (C=O) groups is 1. The summed E-state index contributed by atoms with van der Waals surface area (Å²) in [5, 5.41) is 19.9. The Kier molecular flexibility index (Phi) is 3.65. The number of H-pyrrole nitrogens is 1. The summed E-state index contributed by atoms with van der Waals surface area (Å²) in [6.45, 7) is 0. The van der Waals surface area contributed by atoms with Gasteiger partial charge in [0.2, 0.25) is 5.78 Å². The molecule has 21 heavy (non-hydrogen) atoms. The van der Waals surface area contributed by atoms with Gasteiger partial charge in [0.05, 0.1) is 6.26 Å². The Balaban J connectivity index is 1.82. The molecule has 0 atom stereocenters. The van der Waals surface area contributed by atoms with Crippen LogP contribution in [0.4, 0.5) is 0 Å². The normalized spacial score (nSPS) is 11.7. The van der Waals surface area contributed by atoms with Gasteiger partial charge >= 0.3 is 0 Å². The number of aliphatic hydroxyl groups excluding tert-OH is 1. The number of aromatic amines is 1. The number of ketones is 1. The lowest BCUT2D eigenvalue weighted by molar-refractivity contribution is 0.102. The molecule has 0 aliphatic heterocycles. The quantitative estimate of drug-likeness (QED) is 0.429. The highest BCUT2D eigenvalue weighted by Crippen LogP contribution is 2.19. The van der Waals surface area contributed by atoms with Crippen LogP contribution in [0, 0.1) is 0 Å². The van der Waals surface area contributed by atoms with Crippen molar-refractivity contribution in [2.24, 2.45) is 0 Å². The van der Waals surface area contributed by atoms with E-state index >= 15 is 0 Å². The van der Waals surface area contributed by atoms with Gasteiger partial charge < -0.3 is 9.52 Å². The van der Waals surface area contributed by atoms with Gasteiger partial charge in [-0.1, -0.05) is 0 Å². The van der Waals surface area contributed by atoms with E-state index in [1.165, 1.54) is 12.6 Å². The molecular formula is C14H11N3O3S. The summed E-state index contributed by atoms with van der Waals surface area (Å²) >= 11 is 1.60. The number of carbonyl (C=O) groups excluding carboxylic acids is 1. The van der Waals surface area contributed by atoms with Crippen molar-refractivity contribution in [1.29, 1.82) is 0 Å². The number of nitrogens with one attached hydrogen (secondary N) is 1. The van der Waals surface area contributed by atoms with E-state index in [1.54, 1.807) is 17.4 Å². The smallest absolute Gasteiger partial charge is 0.225 e. The third-order valence-corrected chi connectivity index (χ3v) is 3.60. The fourth-order valence-electron chi connectivity index (χ4n) is 1.89. The van der Waals surface area contributed by atoms with Crippen molar-refractivity contribution in [2.45, 2.75) is 6.42 Å². The number of aromatic nitrogens is 3. The van der Waals surface area contributed by atoms with Crippen LogP contribution in [-0.2, 0) is 6.42 Å². The molecule has 0 radical (unpaired) electrons. The number of nitrogens with zero attached hydrogens (tertiary/aromatic N) is 2. The maximum absolute atomic E-state index is 12.2. The second-order valence-corrected chi connectivity index (χ2v) is 5.09. The van der Waals surface area contributed by atoms with Crippen molar-refractivity contribution in [3.63, 3.8) is 0 Å². The molecule has 0 aromatic carbocycles. The molecule has 3 heterocycles. The molecule has 3 aromatic heterocycles. The number of aliphatic hydroxyl groups is 1. The van der Waals surface area contributed by atoms with Crippen LogP contribution < -0.4 is 0 Å². The molecule has 0 spiro atoms. The van der Waals surface area contributed by atoms with Crippen LogP contribution >= 0.6 is 11.3 Å². The molecule has 0 aliphatic rings. The minimum Gasteiger partial charge on any atom is -0.504 e. The second kappa shape index (κ2) is 5.76. The average molecular weight is 301 g/mol. The number of furan rings is 1. The summed E-state index contributed by atoms with van der Waals surface area (Å²) in [7, 11) is 0. The van der Waals surface area contributed by atoms with E-state index in [-0.39, 0.29) is 17.3 Å². The Hall–Kier alpha value is -2.67. The van der Waals surface area contributed by atoms with Crippen LogP contribution in [0.2, 0.25) is 0 Å². The van der Waals surface area contributed by atoms with Gasteiger partial charge in [0.1, 0.15) is 6.33 Å². The minimum atomic E-state index is -0.417. The average Bonchev–Trinajstić information content (AvgIpc) is 3.22. The van der Waals surface area contributed by atoms with Crippen LogP contribution in [0.25, 0.3) is 5.76 Å². The zero-order chi connectivity index (χ0) is 14.7. The van der Waals surface area contributed by atoms with Crippen molar-refractivity contribution in [1.82, 2.24) is 15.2 Å². The highest BCUT2D eigenvalue weighted by atomic mass is 32.1. The molecule has 3 aromatic rings. The third-order valence-electron chi connectivity index (χ3n) is 2.87. The summed E-state index contributed by atoms with van der Waals surface area (Å²) in [4.78, 5) is 15.9. The topological polar surface area (TPSA) is 92.0 Å². The van der Waals surface area contributed by atoms with Crippen LogP contribution in [0.5, 0.6) is 0 Å². The predicted molar refractivity (Wildman–Crippen MR) is 77.2 cm³/mol. The first-order chi connectivity index (χ1) is 10.2. The zero-order valence-corrected chi connectivity index (χ0v) is 11.6. The maximum Gasteiger partial charge on any atom is 0.225 e. The summed E-state index contributed by atoms with van der Waals surface area (Å²) in [5.74, 6) is -0.351. The molecule has 0 aliphatic carbocycles. The van der Waals surface area contributed by atoms with Gasteiger partial charge in [-0.05, 0) is 28.5 Å². The van der Waals surface area contributed by atoms with Crippen molar-refractivity contribution < 1.29 is 14.3 Å². The van der Waals surface area contributed by atoms with Gasteiger partial charge in [-0.15, -0.1) is 0 Å². The Morgan fingerprint density at radius 1 is 1.48 bits per heavy atom. The first-order valence-electron chi connectivity index (χ1n) is 6.12. The van der Waals surface area contributed by atoms with E-state index in [4.69, 9.17) is 4.42 Å². The van der Waals surface area contributed by atoms with Gasteiger partial charge in [-0.25, -0.2) is 4.98 Å². The summed E-state index contributed by atoms with van der Waals surface area (Å²) in [5.41, 5.74) is 1.89. The molecule has 6 nitrogen and oxygen atoms in total. The molecule has 0 fully saturated rings. The number of hydrogen-bond donors (Lipinski definition) is 2. The van der Waals surface area contributed by atoms with E-state index in [1.807, 2.05) is 16.8 Å². The van der Waals surface area contributed by atoms with E-state index in [0.717, 1.165) is 17.2 Å². The molecule has 106 valence electrons. The first-order valence-corrected chi connectivity index (χ1v) is 7.06. The van der Waals surface area contributed by atoms with Crippen LogP contribution in [0.1, 0.15) is 27.5 Å². The van der Waals surface area contributed by atoms with E-state index in [2.05, 4.69) is 15.2 Å². The zero-order valence-electron chi connectivity index (χ0n) is 10.8. The molecule has 3 rings (SSSR count). The third kappa shape index (κ3) is 2.92. The Bertz CT molecular complexity index is 757. The Morgan fingerprint density at radius 3 is 3.10 bits per heavy atom. The number of rotatable bonds is 5. The number of hydrogen-bond acceptors (Lipinski definition) is 6. The monoisotopic (exact) mass is 301 g/mol. The van der Waals surface area contributed by atoms with Gasteiger partial charge in [-0.3, -0.25) is 9.89 Å². The molecule has 7 heteroatoms. The predicted octanol–water partition coefficient (Wildman–Crippen LogP) is 2.83. The molecule has 2 N–H and O–H groups in total. The molecule has 0 unspecified atom stereocenters. The lowest BCUT2D eigenvalue weighted by Gasteiger charge is -1.99. The first kappa shape index (κ1) is 13.3. The highest BCUT2D eigenvalue weighted by molar-refractivity contribution is 7.07. The van der Waals surface area contributed by atoms with E-state index < -0.39 is 5.78 Å². The lowest BCUT2D eigenvalue weighted by atomic mass is 10.1. The Morgan fingerprint density at radius 2 is 2.38 bits per heavy atom. The molecule has 0 saturated heterocycles. The van der Waals surface area contributed by atoms with Gasteiger partial charge in [0.25, 0.3) is 0 Å². The Labute approximate surface area is 123 Å². The molecule has 0 bridgehead atoms. The van der Waals surface area contributed by atoms with Crippen LogP contribution in [0.15, 0.2) is 46.0 Å². The number of thiophene rings is 1. The summed E-state index contributed by atoms with van der Waals surface area (Å²) in [6, 6.07) is 3.75. The maximum atomic E-state index is 12.2. The van der Waals surface area contributed by atoms with Crippen molar-refractivity contribution >= 4 is 22.9 Å². The lowest BCUT2D eigenvalue weighted by Crippen LogP contribution is -2.00. The summed E-state index contributed by atoms with van der Waals surface area (Å²) in [6.07, 6.45) is 4.39. The largest absolute Gasteiger partial charge is 0.504 e. The van der Waals surface area contributed by atoms with Gasteiger partial charge in [0, 0.05) is 18.1 Å². The molecule has 0 amide bonds. The SMILES string of the molecule is O=C(C=C(O)c1ncn[nH]1)c1occc1Cc1ccsc1. The van der Waals surface area contributed by atoms with E-state index in [9.17, 15) is 9.90 Å². The minimum absolute atomic E-state index is 0.134. The number of allylic oxidation sites excluding steroid dienone is 1. The van der Waals surface area contributed by atoms with E-state index in [0.29, 0.717) is 6.42 Å². The van der Waals surface area contributed by atoms with Crippen molar-refractivity contribution in [3.05, 3.63) is 64.3 Å². The molecular weight excluding hydrogens is 290 g/mol. The molecule has 0 saturated carbocycles. The second-order valence-electron chi connectivity index (χ2n) is 4.31. The van der Waals surface area contributed by atoms with Gasteiger partial charge in [0.15, 0.2) is 17.3 Å². The fourth-order valence-corrected chi connectivity index (χ4v) is 2.56. The highest BCUT2D eigenvalue weighted by Gasteiger charge is 2.16. The van der Waals surface area contributed by atoms with Crippen molar-refractivity contribution in [3.8, 4) is 0 Å². The van der Waals surface area contributed by atoms with Gasteiger partial charge in [-0.2, -0.15) is 16.4 Å². The van der Waals surface area contributed by atoms with Crippen molar-refractivity contribution in [2.75, 3.05) is 0 Å².